The van der Waals surface area contributed by atoms with Gasteiger partial charge in [-0.3, -0.25) is 10.1 Å². The van der Waals surface area contributed by atoms with Gasteiger partial charge in [0.2, 0.25) is 0 Å². The third-order valence-electron chi connectivity index (χ3n) is 3.02. The molecule has 4 nitrogen and oxygen atoms in total. The predicted molar refractivity (Wildman–Crippen MR) is 79.0 cm³/mol. The van der Waals surface area contributed by atoms with E-state index in [0.29, 0.717) is 20.9 Å². The molecule has 2 aromatic carbocycles. The van der Waals surface area contributed by atoms with Gasteiger partial charge in [0.15, 0.2) is 0 Å². The molecule has 21 heavy (non-hydrogen) atoms. The van der Waals surface area contributed by atoms with Crippen molar-refractivity contribution in [2.45, 2.75) is 29.7 Å². The number of aryl methyl sites for hydroxylation is 1. The monoisotopic (exact) mass is 307 g/mol. The van der Waals surface area contributed by atoms with Crippen LogP contribution in [0.5, 0.6) is 0 Å². The molecule has 0 aromatic heterocycles. The number of nitrogens with zero attached hydrogens (tertiary/aromatic N) is 1. The van der Waals surface area contributed by atoms with Crippen LogP contribution in [0, 0.1) is 22.9 Å². The molecule has 2 aromatic rings. The zero-order valence-electron chi connectivity index (χ0n) is 11.5. The van der Waals surface area contributed by atoms with E-state index in [1.165, 1.54) is 19.1 Å². The van der Waals surface area contributed by atoms with Gasteiger partial charge in [-0.05, 0) is 43.2 Å². The molecule has 0 bridgehead atoms. The van der Waals surface area contributed by atoms with Crippen molar-refractivity contribution in [1.82, 2.24) is 0 Å². The van der Waals surface area contributed by atoms with Gasteiger partial charge in [0.25, 0.3) is 5.69 Å². The third kappa shape index (κ3) is 3.40. The maximum Gasteiger partial charge on any atom is 0.283 e. The smallest absolute Gasteiger partial charge is 0.283 e. The summed E-state index contributed by atoms with van der Waals surface area (Å²) in [6.07, 6.45) is -0.856. The summed E-state index contributed by atoms with van der Waals surface area (Å²) in [5.41, 5.74) is 0.836. The highest BCUT2D eigenvalue weighted by atomic mass is 32.2. The fraction of sp³-hybridized carbons (Fsp3) is 0.200. The standard InChI is InChI=1S/C15H14FNO3S/c1-9-7-15(11(10(2)18)8-12(9)16)21-14-6-4-3-5-13(14)17(19)20/h3-8,10,18H,1-2H3. The lowest BCUT2D eigenvalue weighted by molar-refractivity contribution is -0.387. The maximum absolute atomic E-state index is 13.6. The lowest BCUT2D eigenvalue weighted by atomic mass is 10.1. The molecule has 0 aliphatic heterocycles. The SMILES string of the molecule is Cc1cc(Sc2ccccc2[N+](=O)[O-])c(C(C)O)cc1F. The molecule has 0 fully saturated rings. The summed E-state index contributed by atoms with van der Waals surface area (Å²) in [7, 11) is 0. The quantitative estimate of drug-likeness (QED) is 0.677. The minimum Gasteiger partial charge on any atom is -0.389 e. The number of hydrogen-bond acceptors (Lipinski definition) is 4. The molecule has 0 saturated heterocycles. The molecule has 6 heteroatoms. The molecule has 1 unspecified atom stereocenters. The Balaban J connectivity index is 2.49. The fourth-order valence-corrected chi connectivity index (χ4v) is 3.11. The number of benzene rings is 2. The van der Waals surface area contributed by atoms with Crippen LogP contribution in [0.1, 0.15) is 24.2 Å². The van der Waals surface area contributed by atoms with Gasteiger partial charge in [-0.25, -0.2) is 4.39 Å². The van der Waals surface area contributed by atoms with Crippen LogP contribution < -0.4 is 0 Å². The van der Waals surface area contributed by atoms with Gasteiger partial charge in [0, 0.05) is 11.0 Å². The summed E-state index contributed by atoms with van der Waals surface area (Å²) < 4.78 is 13.6. The van der Waals surface area contributed by atoms with E-state index in [1.54, 1.807) is 31.2 Å². The molecule has 0 heterocycles. The van der Waals surface area contributed by atoms with Crippen molar-refractivity contribution in [1.29, 1.82) is 0 Å². The lowest BCUT2D eigenvalue weighted by Crippen LogP contribution is -1.98. The molecular weight excluding hydrogens is 293 g/mol. The van der Waals surface area contributed by atoms with Gasteiger partial charge >= 0.3 is 0 Å². The van der Waals surface area contributed by atoms with Gasteiger partial charge in [-0.15, -0.1) is 0 Å². The molecule has 0 aliphatic carbocycles. The molecule has 0 radical (unpaired) electrons. The molecular formula is C15H14FNO3S. The summed E-state index contributed by atoms with van der Waals surface area (Å²) in [5, 5.41) is 20.8. The second-order valence-corrected chi connectivity index (χ2v) is 5.73. The van der Waals surface area contributed by atoms with Crippen molar-refractivity contribution >= 4 is 17.4 Å². The number of aliphatic hydroxyl groups excluding tert-OH is 1. The highest BCUT2D eigenvalue weighted by Crippen LogP contribution is 2.38. The average Bonchev–Trinajstić information content (AvgIpc) is 2.42. The first-order valence-corrected chi connectivity index (χ1v) is 7.11. The van der Waals surface area contributed by atoms with E-state index < -0.39 is 16.8 Å². The van der Waals surface area contributed by atoms with Gasteiger partial charge < -0.3 is 5.11 Å². The first kappa shape index (κ1) is 15.5. The van der Waals surface area contributed by atoms with Crippen LogP contribution in [-0.4, -0.2) is 10.0 Å². The minimum absolute atomic E-state index is 0.0129. The molecule has 1 N–H and O–H groups in total. The molecule has 0 saturated carbocycles. The summed E-state index contributed by atoms with van der Waals surface area (Å²) in [6.45, 7) is 3.15. The van der Waals surface area contributed by atoms with E-state index >= 15 is 0 Å². The van der Waals surface area contributed by atoms with Crippen LogP contribution in [-0.2, 0) is 0 Å². The van der Waals surface area contributed by atoms with Gasteiger partial charge in [0.05, 0.1) is 15.9 Å². The Kier molecular flexibility index (Phi) is 4.59. The number of para-hydroxylation sites is 1. The molecule has 2 rings (SSSR count). The van der Waals surface area contributed by atoms with E-state index in [4.69, 9.17) is 0 Å². The van der Waals surface area contributed by atoms with E-state index in [1.807, 2.05) is 0 Å². The van der Waals surface area contributed by atoms with Crippen LogP contribution in [0.3, 0.4) is 0 Å². The van der Waals surface area contributed by atoms with E-state index in [9.17, 15) is 19.6 Å². The van der Waals surface area contributed by atoms with Crippen LogP contribution >= 0.6 is 11.8 Å². The van der Waals surface area contributed by atoms with Crippen molar-refractivity contribution in [3.8, 4) is 0 Å². The van der Waals surface area contributed by atoms with Gasteiger partial charge in [-0.1, -0.05) is 23.9 Å². The average molecular weight is 307 g/mol. The Hall–Kier alpha value is -1.92. The zero-order chi connectivity index (χ0) is 15.6. The van der Waals surface area contributed by atoms with Crippen LogP contribution in [0.15, 0.2) is 46.2 Å². The number of hydrogen-bond donors (Lipinski definition) is 1. The number of nitro groups is 1. The predicted octanol–water partition coefficient (Wildman–Crippen LogP) is 4.25. The maximum atomic E-state index is 13.6. The second-order valence-electron chi connectivity index (χ2n) is 4.64. The van der Waals surface area contributed by atoms with Crippen LogP contribution in [0.4, 0.5) is 10.1 Å². The Morgan fingerprint density at radius 2 is 1.95 bits per heavy atom. The largest absolute Gasteiger partial charge is 0.389 e. The number of aliphatic hydroxyl groups is 1. The van der Waals surface area contributed by atoms with Crippen molar-refractivity contribution in [3.63, 3.8) is 0 Å². The topological polar surface area (TPSA) is 63.4 Å². The summed E-state index contributed by atoms with van der Waals surface area (Å²) >= 11 is 1.15. The Labute approximate surface area is 125 Å². The molecule has 110 valence electrons. The molecule has 0 amide bonds. The summed E-state index contributed by atoms with van der Waals surface area (Å²) in [4.78, 5) is 11.6. The first-order chi connectivity index (χ1) is 9.90. The Morgan fingerprint density at radius 1 is 1.29 bits per heavy atom. The second kappa shape index (κ2) is 6.24. The van der Waals surface area contributed by atoms with Crippen molar-refractivity contribution < 1.29 is 14.4 Å². The Morgan fingerprint density at radius 3 is 2.57 bits per heavy atom. The molecule has 1 atom stereocenters. The minimum atomic E-state index is -0.856. The fourth-order valence-electron chi connectivity index (χ4n) is 1.90. The lowest BCUT2D eigenvalue weighted by Gasteiger charge is -2.13. The normalized spacial score (nSPS) is 12.2. The summed E-state index contributed by atoms with van der Waals surface area (Å²) in [5.74, 6) is -0.405. The highest BCUT2D eigenvalue weighted by molar-refractivity contribution is 7.99. The third-order valence-corrected chi connectivity index (χ3v) is 4.16. The highest BCUT2D eigenvalue weighted by Gasteiger charge is 2.18. The zero-order valence-corrected chi connectivity index (χ0v) is 12.4. The van der Waals surface area contributed by atoms with Crippen molar-refractivity contribution in [2.24, 2.45) is 0 Å². The number of halogens is 1. The van der Waals surface area contributed by atoms with E-state index in [2.05, 4.69) is 0 Å². The van der Waals surface area contributed by atoms with Crippen LogP contribution in [0.25, 0.3) is 0 Å². The van der Waals surface area contributed by atoms with Crippen molar-refractivity contribution in [3.05, 3.63) is 63.5 Å². The van der Waals surface area contributed by atoms with E-state index in [0.717, 1.165) is 11.8 Å². The molecule has 0 aliphatic rings. The van der Waals surface area contributed by atoms with E-state index in [-0.39, 0.29) is 5.69 Å². The van der Waals surface area contributed by atoms with Gasteiger partial charge in [-0.2, -0.15) is 0 Å². The van der Waals surface area contributed by atoms with Crippen molar-refractivity contribution in [2.75, 3.05) is 0 Å². The number of nitro benzene ring substituents is 1. The van der Waals surface area contributed by atoms with Gasteiger partial charge in [0.1, 0.15) is 5.82 Å². The first-order valence-electron chi connectivity index (χ1n) is 6.29. The van der Waals surface area contributed by atoms with Crippen LogP contribution in [0.2, 0.25) is 0 Å². The number of rotatable bonds is 4. The summed E-state index contributed by atoms with van der Waals surface area (Å²) in [6, 6.07) is 9.21. The Bertz CT molecular complexity index is 689. The molecule has 0 spiro atoms.